The summed E-state index contributed by atoms with van der Waals surface area (Å²) in [5, 5.41) is 8.19. The lowest BCUT2D eigenvalue weighted by Crippen LogP contribution is -1.85. The van der Waals surface area contributed by atoms with E-state index in [0.717, 1.165) is 0 Å². The molecule has 0 saturated heterocycles. The highest BCUT2D eigenvalue weighted by molar-refractivity contribution is 4.20. The third kappa shape index (κ3) is 1130. The fourth-order valence-electron chi connectivity index (χ4n) is 0. The molecule has 1 nitrogen and oxygen atoms in total. The van der Waals surface area contributed by atoms with Crippen molar-refractivity contribution in [2.75, 3.05) is 0 Å². The molecule has 0 heterocycles. The first kappa shape index (κ1) is 2.21. The molecule has 0 aromatic rings. The van der Waals surface area contributed by atoms with Crippen LogP contribution in [0.2, 0.25) is 0 Å². The van der Waals surface area contributed by atoms with Gasteiger partial charge in [0.2, 0.25) is 0 Å². The van der Waals surface area contributed by atoms with Gasteiger partial charge in [0.1, 0.15) is 0 Å². The van der Waals surface area contributed by atoms with Crippen molar-refractivity contribution >= 4 is 0 Å². The Labute approximate surface area is 27.7 Å². The van der Waals surface area contributed by atoms with Gasteiger partial charge in [0.05, 0.1) is 1.37 Å². The largest absolute Gasteiger partial charge is 0.394 e. The highest BCUT2D eigenvalue weighted by Gasteiger charge is 1.69. The molecule has 0 spiro atoms. The molecule has 0 aliphatic carbocycles. The summed E-state index contributed by atoms with van der Waals surface area (Å²) in [5.74, 6) is 0. The molecule has 1 N–H and O–H groups in total. The maximum absolute atomic E-state index is 8.19. The van der Waals surface area contributed by atoms with Crippen molar-refractivity contribution < 1.29 is 6.48 Å². The smallest absolute Gasteiger partial charge is 0.0594 e. The summed E-state index contributed by atoms with van der Waals surface area (Å²) in [5.41, 5.74) is 0. The molecule has 0 aromatic heterocycles. The maximum atomic E-state index is 8.19. The molecule has 0 atom stereocenters. The molecule has 0 radical (unpaired) electrons. The minimum Gasteiger partial charge on any atom is -0.394 e. The van der Waals surface area contributed by atoms with E-state index in [4.69, 9.17) is 6.48 Å². The fraction of sp³-hybridized carbons (Fsp3) is 1.00. The van der Waals surface area contributed by atoms with Crippen molar-refractivity contribution in [1.29, 1.82) is 0 Å². The number of hydrogen-bond donors (Lipinski definition) is 1. The zero-order valence-corrected chi connectivity index (χ0v) is 2.95. The summed E-state index contributed by atoms with van der Waals surface area (Å²) in [6.07, 6.45) is -1.25. The van der Waals surface area contributed by atoms with E-state index in [0.29, 0.717) is 0 Å². The zero-order chi connectivity index (χ0) is 4.50. The van der Waals surface area contributed by atoms with E-state index in [1.807, 2.05) is 0 Å². The van der Waals surface area contributed by atoms with Gasteiger partial charge < -0.3 is 5.11 Å². The van der Waals surface area contributed by atoms with Crippen molar-refractivity contribution in [1.82, 2.24) is 0 Å². The van der Waals surface area contributed by atoms with Crippen LogP contribution in [0, 0.1) is 0 Å². The van der Waals surface area contributed by atoms with Crippen LogP contribution in [-0.2, 0) is 0 Å². The first-order chi connectivity index (χ1) is 2.00. The minimum absolute atomic E-state index is 1.25. The van der Waals surface area contributed by atoms with Gasteiger partial charge in [-0.15, -0.1) is 0 Å². The Hall–Kier alpha value is -0.0400. The van der Waals surface area contributed by atoms with Gasteiger partial charge in [-0.1, -0.05) is 0 Å². The zero-order valence-electron chi connectivity index (χ0n) is 3.95. The van der Waals surface area contributed by atoms with Gasteiger partial charge in [-0.3, -0.25) is 0 Å². The van der Waals surface area contributed by atoms with Crippen molar-refractivity contribution in [3.05, 3.63) is 0 Å². The van der Waals surface area contributed by atoms with E-state index in [9.17, 15) is 0 Å². The number of hydrogen-bond acceptors (Lipinski definition) is 1. The molecular formula is C3H8O. The third-order valence-electron chi connectivity index (χ3n) is 0. The normalized spacial score (nSPS) is 15.2. The SMILES string of the molecule is [2H]C(C)(C)O. The molecule has 0 rings (SSSR count). The Balaban J connectivity index is 3.02. The van der Waals surface area contributed by atoms with Crippen LogP contribution in [0.25, 0.3) is 0 Å². The fourth-order valence-corrected chi connectivity index (χ4v) is 0. The summed E-state index contributed by atoms with van der Waals surface area (Å²) < 4.78 is 6.49. The molecule has 0 aromatic carbocycles. The summed E-state index contributed by atoms with van der Waals surface area (Å²) in [4.78, 5) is 0. The Morgan fingerprint density at radius 1 is 2.00 bits per heavy atom. The quantitative estimate of drug-likeness (QED) is 0.429. The van der Waals surface area contributed by atoms with E-state index in [1.54, 1.807) is 0 Å². The van der Waals surface area contributed by atoms with Gasteiger partial charge >= 0.3 is 0 Å². The summed E-state index contributed by atoms with van der Waals surface area (Å²) >= 11 is 0. The standard InChI is InChI=1S/C3H8O/c1-3(2)4/h3-4H,1-2H3/i3D. The number of aliphatic hydroxyl groups is 1. The van der Waals surface area contributed by atoms with Crippen LogP contribution in [-0.4, -0.2) is 11.2 Å². The Morgan fingerprint density at radius 3 is 2.00 bits per heavy atom. The van der Waals surface area contributed by atoms with Crippen LogP contribution >= 0.6 is 0 Å². The summed E-state index contributed by atoms with van der Waals surface area (Å²) in [7, 11) is 0. The van der Waals surface area contributed by atoms with Crippen LogP contribution in [0.3, 0.4) is 0 Å². The van der Waals surface area contributed by atoms with Crippen LogP contribution in [0.5, 0.6) is 0 Å². The van der Waals surface area contributed by atoms with Crippen LogP contribution in [0.1, 0.15) is 15.2 Å². The van der Waals surface area contributed by atoms with E-state index in [-0.39, 0.29) is 0 Å². The van der Waals surface area contributed by atoms with Crippen LogP contribution in [0.15, 0.2) is 0 Å². The molecular weight excluding hydrogens is 52.0 g/mol. The van der Waals surface area contributed by atoms with Crippen molar-refractivity contribution in [3.63, 3.8) is 0 Å². The lowest BCUT2D eigenvalue weighted by Gasteiger charge is -1.80. The van der Waals surface area contributed by atoms with Crippen LogP contribution in [0.4, 0.5) is 0 Å². The second kappa shape index (κ2) is 1.30. The Morgan fingerprint density at radius 2 is 2.00 bits per heavy atom. The lowest BCUT2D eigenvalue weighted by atomic mass is 10.5. The molecule has 1 heteroatoms. The molecule has 26 valence electrons. The van der Waals surface area contributed by atoms with Gasteiger partial charge in [0.25, 0.3) is 0 Å². The van der Waals surface area contributed by atoms with Gasteiger partial charge in [-0.2, -0.15) is 0 Å². The average molecular weight is 61.1 g/mol. The first-order valence-corrected chi connectivity index (χ1v) is 1.22. The monoisotopic (exact) mass is 61.1 g/mol. The number of rotatable bonds is 0. The highest BCUT2D eigenvalue weighted by atomic mass is 16.3. The predicted molar refractivity (Wildman–Crippen MR) is 17.4 cm³/mol. The lowest BCUT2D eigenvalue weighted by molar-refractivity contribution is 0.216. The summed E-state index contributed by atoms with van der Waals surface area (Å²) in [6.45, 7) is 2.82. The predicted octanol–water partition coefficient (Wildman–Crippen LogP) is 0.387. The second-order valence-electron chi connectivity index (χ2n) is 0.947. The topological polar surface area (TPSA) is 20.2 Å². The van der Waals surface area contributed by atoms with Gasteiger partial charge in [0, 0.05) is 6.08 Å². The van der Waals surface area contributed by atoms with E-state index in [1.165, 1.54) is 13.8 Å². The maximum Gasteiger partial charge on any atom is 0.0594 e. The first-order valence-electron chi connectivity index (χ1n) is 1.72. The minimum atomic E-state index is -1.25. The second-order valence-corrected chi connectivity index (χ2v) is 0.947. The van der Waals surface area contributed by atoms with Crippen LogP contribution < -0.4 is 0 Å². The molecule has 0 unspecified atom stereocenters. The van der Waals surface area contributed by atoms with Gasteiger partial charge in [-0.05, 0) is 13.8 Å². The van der Waals surface area contributed by atoms with E-state index < -0.39 is 6.08 Å². The molecule has 0 bridgehead atoms. The van der Waals surface area contributed by atoms with E-state index >= 15 is 0 Å². The molecule has 0 aliphatic rings. The van der Waals surface area contributed by atoms with Gasteiger partial charge in [0.15, 0.2) is 0 Å². The molecule has 0 fully saturated rings. The van der Waals surface area contributed by atoms with Gasteiger partial charge in [-0.25, -0.2) is 0 Å². The molecule has 4 heavy (non-hydrogen) atoms. The molecule has 0 aliphatic heterocycles. The summed E-state index contributed by atoms with van der Waals surface area (Å²) in [6, 6.07) is 0. The highest BCUT2D eigenvalue weighted by Crippen LogP contribution is 1.65. The molecule has 0 amide bonds. The third-order valence-corrected chi connectivity index (χ3v) is 0. The van der Waals surface area contributed by atoms with Crippen molar-refractivity contribution in [2.45, 2.75) is 19.9 Å². The van der Waals surface area contributed by atoms with Crippen molar-refractivity contribution in [3.8, 4) is 0 Å². The Kier molecular flexibility index (Phi) is 0.718. The Bertz CT molecular complexity index is 22.4. The van der Waals surface area contributed by atoms with E-state index in [2.05, 4.69) is 0 Å². The van der Waals surface area contributed by atoms with Crippen molar-refractivity contribution in [2.24, 2.45) is 0 Å². The molecule has 0 saturated carbocycles. The average Bonchev–Trinajstić information content (AvgIpc) is 0.722.